The number of anilines is 1. The molecular formula is C24H25F3N4OS. The van der Waals surface area contributed by atoms with Crippen molar-refractivity contribution in [3.05, 3.63) is 64.9 Å². The molecule has 174 valence electrons. The zero-order valence-electron chi connectivity index (χ0n) is 18.4. The second-order valence-electron chi connectivity index (χ2n) is 8.41. The van der Waals surface area contributed by atoms with Crippen LogP contribution in [0.5, 0.6) is 0 Å². The number of nitrogens with zero attached hydrogens (tertiary/aromatic N) is 3. The zero-order valence-corrected chi connectivity index (χ0v) is 19.2. The number of carbonyl (C=O) groups is 1. The van der Waals surface area contributed by atoms with Gasteiger partial charge in [-0.3, -0.25) is 9.78 Å². The molecule has 0 aliphatic carbocycles. The Hall–Kier alpha value is -2.94. The Morgan fingerprint density at radius 2 is 2.06 bits per heavy atom. The van der Waals surface area contributed by atoms with Gasteiger partial charge in [0.25, 0.3) is 5.91 Å². The van der Waals surface area contributed by atoms with Crippen LogP contribution in [0.3, 0.4) is 0 Å². The third kappa shape index (κ3) is 5.19. The van der Waals surface area contributed by atoms with Crippen molar-refractivity contribution >= 4 is 23.1 Å². The minimum absolute atomic E-state index is 0.0409. The first-order chi connectivity index (χ1) is 15.7. The number of pyridine rings is 1. The molecule has 0 saturated carbocycles. The largest absolute Gasteiger partial charge is 0.417 e. The standard InChI is InChI=1S/C24H25F3N4OS/c1-15-5-7-18(21-13-28-14-33-21)19(10-15)23(32)31-9-3-4-16(2)20(31)12-30-22-8-6-17(11-29-22)24(25,26)27/h5-8,10-11,13-14,16,20H,3-4,9,12H2,1-2H3,(H,29,30)/t16-,20?/m1/s1. The van der Waals surface area contributed by atoms with E-state index in [2.05, 4.69) is 22.2 Å². The molecule has 0 spiro atoms. The van der Waals surface area contributed by atoms with E-state index in [4.69, 9.17) is 0 Å². The predicted octanol–water partition coefficient (Wildman–Crippen LogP) is 5.89. The third-order valence-corrected chi connectivity index (χ3v) is 6.87. The smallest absolute Gasteiger partial charge is 0.368 e. The summed E-state index contributed by atoms with van der Waals surface area (Å²) in [5.74, 6) is 0.552. The van der Waals surface area contributed by atoms with Gasteiger partial charge in [0.2, 0.25) is 0 Å². The highest BCUT2D eigenvalue weighted by Gasteiger charge is 2.34. The van der Waals surface area contributed by atoms with Gasteiger partial charge in [-0.15, -0.1) is 11.3 Å². The van der Waals surface area contributed by atoms with E-state index < -0.39 is 11.7 Å². The highest BCUT2D eigenvalue weighted by molar-refractivity contribution is 7.13. The number of halogens is 3. The molecule has 9 heteroatoms. The summed E-state index contributed by atoms with van der Waals surface area (Å²) in [6.45, 7) is 5.10. The van der Waals surface area contributed by atoms with E-state index in [1.165, 1.54) is 17.4 Å². The van der Waals surface area contributed by atoms with Gasteiger partial charge < -0.3 is 10.2 Å². The molecule has 1 saturated heterocycles. The van der Waals surface area contributed by atoms with Gasteiger partial charge in [0.1, 0.15) is 5.82 Å². The van der Waals surface area contributed by atoms with Crippen LogP contribution < -0.4 is 5.32 Å². The summed E-state index contributed by atoms with van der Waals surface area (Å²) in [4.78, 5) is 24.6. The van der Waals surface area contributed by atoms with Crippen molar-refractivity contribution in [1.82, 2.24) is 14.9 Å². The molecule has 2 atom stereocenters. The van der Waals surface area contributed by atoms with Crippen LogP contribution in [0.1, 0.15) is 41.3 Å². The van der Waals surface area contributed by atoms with Gasteiger partial charge in [0.05, 0.1) is 22.0 Å². The van der Waals surface area contributed by atoms with E-state index in [1.54, 1.807) is 11.7 Å². The fraction of sp³-hybridized carbons (Fsp3) is 0.375. The van der Waals surface area contributed by atoms with E-state index in [0.29, 0.717) is 24.5 Å². The van der Waals surface area contributed by atoms with Crippen LogP contribution in [0.4, 0.5) is 19.0 Å². The zero-order chi connectivity index (χ0) is 23.6. The predicted molar refractivity (Wildman–Crippen MR) is 123 cm³/mol. The van der Waals surface area contributed by atoms with Crippen molar-refractivity contribution in [2.24, 2.45) is 5.92 Å². The normalized spacial score (nSPS) is 18.9. The van der Waals surface area contributed by atoms with E-state index in [1.807, 2.05) is 30.0 Å². The Bertz CT molecular complexity index is 1100. The molecule has 3 heterocycles. The number of piperidine rings is 1. The van der Waals surface area contributed by atoms with Crippen molar-refractivity contribution < 1.29 is 18.0 Å². The SMILES string of the molecule is Cc1ccc(-c2cncs2)c(C(=O)N2CCC[C@@H](C)C2CNc2ccc(C(F)(F)F)cn2)c1. The molecular weight excluding hydrogens is 449 g/mol. The van der Waals surface area contributed by atoms with Gasteiger partial charge in [-0.1, -0.05) is 24.6 Å². The molecule has 1 aliphatic heterocycles. The maximum atomic E-state index is 13.7. The molecule has 0 radical (unpaired) electrons. The molecule has 33 heavy (non-hydrogen) atoms. The number of benzene rings is 1. The number of amides is 1. The number of aromatic nitrogens is 2. The molecule has 1 aromatic carbocycles. The second kappa shape index (κ2) is 9.51. The molecule has 1 fully saturated rings. The minimum Gasteiger partial charge on any atom is -0.368 e. The van der Waals surface area contributed by atoms with Crippen LogP contribution in [0.25, 0.3) is 10.4 Å². The van der Waals surface area contributed by atoms with Gasteiger partial charge in [-0.05, 0) is 43.9 Å². The lowest BCUT2D eigenvalue weighted by Gasteiger charge is -2.40. The first kappa shape index (κ1) is 23.2. The lowest BCUT2D eigenvalue weighted by Crippen LogP contribution is -2.51. The molecule has 2 aromatic heterocycles. The summed E-state index contributed by atoms with van der Waals surface area (Å²) in [6.07, 6.45) is 0.0515. The molecule has 3 aromatic rings. The molecule has 4 rings (SSSR count). The summed E-state index contributed by atoms with van der Waals surface area (Å²) in [7, 11) is 0. The maximum Gasteiger partial charge on any atom is 0.417 e. The Balaban J connectivity index is 1.55. The highest BCUT2D eigenvalue weighted by Crippen LogP contribution is 2.32. The number of hydrogen-bond acceptors (Lipinski definition) is 5. The summed E-state index contributed by atoms with van der Waals surface area (Å²) >= 11 is 1.49. The highest BCUT2D eigenvalue weighted by atomic mass is 32.1. The fourth-order valence-electron chi connectivity index (χ4n) is 4.24. The van der Waals surface area contributed by atoms with E-state index >= 15 is 0 Å². The number of alkyl halides is 3. The van der Waals surface area contributed by atoms with Crippen molar-refractivity contribution in [2.75, 3.05) is 18.4 Å². The molecule has 1 unspecified atom stereocenters. The quantitative estimate of drug-likeness (QED) is 0.501. The minimum atomic E-state index is -4.42. The number of carbonyl (C=O) groups excluding carboxylic acids is 1. The summed E-state index contributed by atoms with van der Waals surface area (Å²) < 4.78 is 38.4. The van der Waals surface area contributed by atoms with Gasteiger partial charge >= 0.3 is 6.18 Å². The van der Waals surface area contributed by atoms with E-state index in [-0.39, 0.29) is 17.9 Å². The molecule has 1 aliphatic rings. The van der Waals surface area contributed by atoms with E-state index in [9.17, 15) is 18.0 Å². The lowest BCUT2D eigenvalue weighted by atomic mass is 9.89. The number of rotatable bonds is 5. The number of hydrogen-bond donors (Lipinski definition) is 1. The summed E-state index contributed by atoms with van der Waals surface area (Å²) in [5, 5.41) is 3.13. The van der Waals surface area contributed by atoms with Crippen LogP contribution in [-0.4, -0.2) is 39.9 Å². The van der Waals surface area contributed by atoms with Crippen molar-refractivity contribution in [1.29, 1.82) is 0 Å². The number of thiazole rings is 1. The molecule has 0 bridgehead atoms. The fourth-order valence-corrected chi connectivity index (χ4v) is 4.90. The molecule has 5 nitrogen and oxygen atoms in total. The number of aryl methyl sites for hydroxylation is 1. The Morgan fingerprint density at radius 1 is 1.24 bits per heavy atom. The van der Waals surface area contributed by atoms with Crippen LogP contribution in [0.15, 0.2) is 48.2 Å². The summed E-state index contributed by atoms with van der Waals surface area (Å²) in [6, 6.07) is 8.09. The number of nitrogens with one attached hydrogen (secondary N) is 1. The van der Waals surface area contributed by atoms with Crippen molar-refractivity contribution in [3.63, 3.8) is 0 Å². The van der Waals surface area contributed by atoms with E-state index in [0.717, 1.165) is 41.1 Å². The first-order valence-electron chi connectivity index (χ1n) is 10.8. The van der Waals surface area contributed by atoms with Gasteiger partial charge in [-0.2, -0.15) is 13.2 Å². The first-order valence-corrected chi connectivity index (χ1v) is 11.7. The van der Waals surface area contributed by atoms with Gasteiger partial charge in [-0.25, -0.2) is 4.98 Å². The van der Waals surface area contributed by atoms with Crippen LogP contribution in [0, 0.1) is 12.8 Å². The second-order valence-corrected chi connectivity index (χ2v) is 9.30. The summed E-state index contributed by atoms with van der Waals surface area (Å²) in [5.41, 5.74) is 3.47. The molecule has 1 amide bonds. The number of likely N-dealkylation sites (tertiary alicyclic amines) is 1. The average molecular weight is 475 g/mol. The average Bonchev–Trinajstić information content (AvgIpc) is 3.32. The maximum absolute atomic E-state index is 13.7. The van der Waals surface area contributed by atoms with Crippen molar-refractivity contribution in [2.45, 2.75) is 38.9 Å². The monoisotopic (exact) mass is 474 g/mol. The lowest BCUT2D eigenvalue weighted by molar-refractivity contribution is -0.137. The Morgan fingerprint density at radius 3 is 2.73 bits per heavy atom. The van der Waals surface area contributed by atoms with Crippen LogP contribution >= 0.6 is 11.3 Å². The van der Waals surface area contributed by atoms with Gasteiger partial charge in [0, 0.05) is 36.6 Å². The topological polar surface area (TPSA) is 58.1 Å². The van der Waals surface area contributed by atoms with Gasteiger partial charge in [0.15, 0.2) is 0 Å². The Labute approximate surface area is 194 Å². The van der Waals surface area contributed by atoms with Crippen molar-refractivity contribution in [3.8, 4) is 10.4 Å². The van der Waals surface area contributed by atoms with Crippen LogP contribution in [0.2, 0.25) is 0 Å². The Kier molecular flexibility index (Phi) is 6.69. The molecule has 1 N–H and O–H groups in total. The van der Waals surface area contributed by atoms with Crippen LogP contribution in [-0.2, 0) is 6.18 Å². The third-order valence-electron chi connectivity index (χ3n) is 6.06.